The number of rotatable bonds is 6. The summed E-state index contributed by atoms with van der Waals surface area (Å²) in [6, 6.07) is 8.45. The average molecular weight is 372 g/mol. The number of likely N-dealkylation sites (tertiary alicyclic amines) is 1. The minimum absolute atomic E-state index is 0.0175. The van der Waals surface area contributed by atoms with Gasteiger partial charge in [-0.1, -0.05) is 24.3 Å². The fraction of sp³-hybridized carbons (Fsp3) is 0.450. The van der Waals surface area contributed by atoms with E-state index < -0.39 is 0 Å². The van der Waals surface area contributed by atoms with Gasteiger partial charge >= 0.3 is 0 Å². The molecule has 2 amide bonds. The number of nitrogens with zero attached hydrogens (tertiary/aromatic N) is 2. The molecule has 1 aliphatic rings. The van der Waals surface area contributed by atoms with E-state index >= 15 is 0 Å². The molecular formula is C20H25N3O2S. The standard InChI is InChI=1S/C20H25N3O2S/c1-13(2)23-11-17(10-19(23)24)20(25)21-9-8-15-4-6-16(7-5-15)18-12-26-14(3)22-18/h4-7,12-13,17H,8-11H2,1-3H3,(H,21,25). The predicted octanol–water partition coefficient (Wildman–Crippen LogP) is 3.03. The van der Waals surface area contributed by atoms with Crippen LogP contribution in [0.4, 0.5) is 0 Å². The molecular weight excluding hydrogens is 346 g/mol. The first-order chi connectivity index (χ1) is 12.4. The van der Waals surface area contributed by atoms with Crippen molar-refractivity contribution in [3.05, 3.63) is 40.2 Å². The van der Waals surface area contributed by atoms with Crippen LogP contribution in [0.15, 0.2) is 29.6 Å². The molecule has 0 saturated carbocycles. The van der Waals surface area contributed by atoms with Crippen LogP contribution in [-0.4, -0.2) is 40.8 Å². The zero-order chi connectivity index (χ0) is 18.7. The first-order valence-electron chi connectivity index (χ1n) is 9.02. The first-order valence-corrected chi connectivity index (χ1v) is 9.90. The molecule has 1 unspecified atom stereocenters. The van der Waals surface area contributed by atoms with Crippen LogP contribution in [0.5, 0.6) is 0 Å². The van der Waals surface area contributed by atoms with E-state index in [9.17, 15) is 9.59 Å². The van der Waals surface area contributed by atoms with Crippen molar-refractivity contribution in [2.45, 2.75) is 39.7 Å². The largest absolute Gasteiger partial charge is 0.355 e. The Hall–Kier alpha value is -2.21. The van der Waals surface area contributed by atoms with Crippen LogP contribution in [0.1, 0.15) is 30.8 Å². The molecule has 6 heteroatoms. The van der Waals surface area contributed by atoms with Crippen molar-refractivity contribution >= 4 is 23.2 Å². The summed E-state index contributed by atoms with van der Waals surface area (Å²) in [5.74, 6) is -0.163. The van der Waals surface area contributed by atoms with E-state index in [1.165, 1.54) is 5.56 Å². The number of thiazole rings is 1. The van der Waals surface area contributed by atoms with Gasteiger partial charge in [-0.15, -0.1) is 11.3 Å². The van der Waals surface area contributed by atoms with Crippen LogP contribution in [-0.2, 0) is 16.0 Å². The van der Waals surface area contributed by atoms with Gasteiger partial charge in [-0.2, -0.15) is 0 Å². The summed E-state index contributed by atoms with van der Waals surface area (Å²) in [6.07, 6.45) is 1.10. The second kappa shape index (κ2) is 7.99. The summed E-state index contributed by atoms with van der Waals surface area (Å²) < 4.78 is 0. The molecule has 5 nitrogen and oxygen atoms in total. The van der Waals surface area contributed by atoms with E-state index in [2.05, 4.69) is 39.9 Å². The molecule has 1 atom stereocenters. The Bertz CT molecular complexity index is 783. The Morgan fingerprint density at radius 3 is 2.65 bits per heavy atom. The van der Waals surface area contributed by atoms with Gasteiger partial charge in [0, 0.05) is 36.5 Å². The fourth-order valence-corrected chi connectivity index (χ4v) is 3.84. The number of nitrogens with one attached hydrogen (secondary N) is 1. The lowest BCUT2D eigenvalue weighted by Gasteiger charge is -2.20. The van der Waals surface area contributed by atoms with E-state index in [4.69, 9.17) is 0 Å². The lowest BCUT2D eigenvalue weighted by Crippen LogP contribution is -2.36. The Morgan fingerprint density at radius 1 is 1.35 bits per heavy atom. The number of aromatic nitrogens is 1. The van der Waals surface area contributed by atoms with E-state index in [-0.39, 0.29) is 23.8 Å². The third kappa shape index (κ3) is 4.30. The van der Waals surface area contributed by atoms with Crippen molar-refractivity contribution in [3.63, 3.8) is 0 Å². The van der Waals surface area contributed by atoms with Crippen LogP contribution >= 0.6 is 11.3 Å². The lowest BCUT2D eigenvalue weighted by molar-refractivity contribution is -0.129. The molecule has 1 saturated heterocycles. The number of aryl methyl sites for hydroxylation is 1. The highest BCUT2D eigenvalue weighted by molar-refractivity contribution is 7.09. The highest BCUT2D eigenvalue weighted by Gasteiger charge is 2.35. The summed E-state index contributed by atoms with van der Waals surface area (Å²) >= 11 is 1.65. The summed E-state index contributed by atoms with van der Waals surface area (Å²) in [5.41, 5.74) is 3.29. The molecule has 0 radical (unpaired) electrons. The maximum Gasteiger partial charge on any atom is 0.225 e. The van der Waals surface area contributed by atoms with Crippen LogP contribution in [0, 0.1) is 12.8 Å². The summed E-state index contributed by atoms with van der Waals surface area (Å²) in [5, 5.41) is 6.10. The molecule has 26 heavy (non-hydrogen) atoms. The highest BCUT2D eigenvalue weighted by atomic mass is 32.1. The number of benzene rings is 1. The second-order valence-corrected chi connectivity index (χ2v) is 8.09. The van der Waals surface area contributed by atoms with Crippen LogP contribution in [0.2, 0.25) is 0 Å². The van der Waals surface area contributed by atoms with Gasteiger partial charge in [-0.3, -0.25) is 9.59 Å². The predicted molar refractivity (Wildman–Crippen MR) is 104 cm³/mol. The van der Waals surface area contributed by atoms with Crippen LogP contribution in [0.25, 0.3) is 11.3 Å². The van der Waals surface area contributed by atoms with Crippen LogP contribution < -0.4 is 5.32 Å². The minimum atomic E-state index is -0.222. The molecule has 1 aliphatic heterocycles. The van der Waals surface area contributed by atoms with Crippen molar-refractivity contribution in [1.29, 1.82) is 0 Å². The van der Waals surface area contributed by atoms with Crippen molar-refractivity contribution in [2.24, 2.45) is 5.92 Å². The fourth-order valence-electron chi connectivity index (χ4n) is 3.22. The summed E-state index contributed by atoms with van der Waals surface area (Å²) in [6.45, 7) is 7.08. The molecule has 3 rings (SSSR count). The molecule has 1 fully saturated rings. The number of amides is 2. The molecule has 2 aromatic rings. The van der Waals surface area contributed by atoms with Crippen molar-refractivity contribution < 1.29 is 9.59 Å². The monoisotopic (exact) mass is 371 g/mol. The minimum Gasteiger partial charge on any atom is -0.355 e. The Kier molecular flexibility index (Phi) is 5.71. The molecule has 1 aromatic carbocycles. The maximum atomic E-state index is 12.3. The Balaban J connectivity index is 1.47. The average Bonchev–Trinajstić information content (AvgIpc) is 3.21. The smallest absolute Gasteiger partial charge is 0.225 e. The van der Waals surface area contributed by atoms with Crippen molar-refractivity contribution in [1.82, 2.24) is 15.2 Å². The number of carbonyl (C=O) groups is 2. The normalized spacial score (nSPS) is 17.2. The maximum absolute atomic E-state index is 12.3. The first kappa shape index (κ1) is 18.6. The highest BCUT2D eigenvalue weighted by Crippen LogP contribution is 2.22. The van der Waals surface area contributed by atoms with Gasteiger partial charge in [-0.05, 0) is 32.8 Å². The lowest BCUT2D eigenvalue weighted by atomic mass is 10.1. The van der Waals surface area contributed by atoms with E-state index in [1.54, 1.807) is 16.2 Å². The molecule has 1 N–H and O–H groups in total. The zero-order valence-corrected chi connectivity index (χ0v) is 16.3. The number of hydrogen-bond acceptors (Lipinski definition) is 4. The van der Waals surface area contributed by atoms with E-state index in [0.29, 0.717) is 19.5 Å². The SMILES string of the molecule is Cc1nc(-c2ccc(CCNC(=O)C3CC(=O)N(C(C)C)C3)cc2)cs1. The number of hydrogen-bond donors (Lipinski definition) is 1. The molecule has 138 valence electrons. The summed E-state index contributed by atoms with van der Waals surface area (Å²) in [4.78, 5) is 30.5. The molecule has 0 spiro atoms. The van der Waals surface area contributed by atoms with Gasteiger partial charge in [0.25, 0.3) is 0 Å². The van der Waals surface area contributed by atoms with Gasteiger partial charge in [0.15, 0.2) is 0 Å². The van der Waals surface area contributed by atoms with Gasteiger partial charge in [0.05, 0.1) is 16.6 Å². The summed E-state index contributed by atoms with van der Waals surface area (Å²) in [7, 11) is 0. The van der Waals surface area contributed by atoms with Gasteiger partial charge in [0.1, 0.15) is 0 Å². The van der Waals surface area contributed by atoms with Gasteiger partial charge < -0.3 is 10.2 Å². The quantitative estimate of drug-likeness (QED) is 0.849. The molecule has 0 bridgehead atoms. The third-order valence-corrected chi connectivity index (χ3v) is 5.51. The second-order valence-electron chi connectivity index (χ2n) is 7.03. The molecule has 2 heterocycles. The third-order valence-electron chi connectivity index (χ3n) is 4.73. The van der Waals surface area contributed by atoms with Crippen molar-refractivity contribution in [2.75, 3.05) is 13.1 Å². The number of carbonyl (C=O) groups excluding carboxylic acids is 2. The zero-order valence-electron chi connectivity index (χ0n) is 15.5. The Morgan fingerprint density at radius 2 is 2.08 bits per heavy atom. The molecule has 0 aliphatic carbocycles. The topological polar surface area (TPSA) is 62.3 Å². The Labute approximate surface area is 158 Å². The van der Waals surface area contributed by atoms with Gasteiger partial charge in [-0.25, -0.2) is 4.98 Å². The van der Waals surface area contributed by atoms with Crippen LogP contribution in [0.3, 0.4) is 0 Å². The van der Waals surface area contributed by atoms with Gasteiger partial charge in [0.2, 0.25) is 11.8 Å². The van der Waals surface area contributed by atoms with E-state index in [0.717, 1.165) is 22.7 Å². The van der Waals surface area contributed by atoms with Crippen molar-refractivity contribution in [3.8, 4) is 11.3 Å². The molecule has 1 aromatic heterocycles. The van der Waals surface area contributed by atoms with E-state index in [1.807, 2.05) is 20.8 Å².